The molecule has 2 N–H and O–H groups in total. The summed E-state index contributed by atoms with van der Waals surface area (Å²) >= 11 is 0. The van der Waals surface area contributed by atoms with Gasteiger partial charge in [-0.15, -0.1) is 0 Å². The number of fused-ring (bicyclic) bond motifs is 1. The number of rotatable bonds is 2. The number of likely N-dealkylation sites (tertiary alicyclic amines) is 1. The maximum atomic E-state index is 11.6. The summed E-state index contributed by atoms with van der Waals surface area (Å²) in [4.78, 5) is 25.4. The average molecular weight is 259 g/mol. The third-order valence-electron chi connectivity index (χ3n) is 3.99. The van der Waals surface area contributed by atoms with Gasteiger partial charge in [0.05, 0.1) is 11.1 Å². The van der Waals surface area contributed by atoms with E-state index in [0.29, 0.717) is 23.2 Å². The summed E-state index contributed by atoms with van der Waals surface area (Å²) in [6.45, 7) is 3.19. The van der Waals surface area contributed by atoms with Crippen LogP contribution >= 0.6 is 0 Å². The van der Waals surface area contributed by atoms with Crippen molar-refractivity contribution >= 4 is 17.5 Å². The number of nitrogens with zero attached hydrogens (tertiary/aromatic N) is 1. The molecule has 3 rings (SSSR count). The molecule has 2 unspecified atom stereocenters. The van der Waals surface area contributed by atoms with Gasteiger partial charge >= 0.3 is 0 Å². The van der Waals surface area contributed by atoms with Crippen LogP contribution in [0.15, 0.2) is 18.2 Å². The molecule has 5 nitrogen and oxygen atoms in total. The number of likely N-dealkylation sites (N-methyl/N-ethyl adjacent to an activating group) is 1. The van der Waals surface area contributed by atoms with Gasteiger partial charge in [-0.05, 0) is 38.6 Å². The molecule has 1 aromatic carbocycles. The maximum absolute atomic E-state index is 11.6. The van der Waals surface area contributed by atoms with Crippen molar-refractivity contribution in [2.75, 3.05) is 18.9 Å². The standard InChI is InChI=1S/C14H17N3O2/c1-8-5-10(7-17(8)2)15-9-3-4-11-12(6-9)14(19)16-13(11)18/h3-4,6,8,10,15H,5,7H2,1-2H3,(H,16,18,19). The van der Waals surface area contributed by atoms with Crippen LogP contribution in [0, 0.1) is 0 Å². The van der Waals surface area contributed by atoms with Crippen molar-refractivity contribution in [3.05, 3.63) is 29.3 Å². The minimum Gasteiger partial charge on any atom is -0.381 e. The van der Waals surface area contributed by atoms with Crippen LogP contribution in [-0.4, -0.2) is 42.4 Å². The second-order valence-electron chi connectivity index (χ2n) is 5.41. The topological polar surface area (TPSA) is 61.4 Å². The van der Waals surface area contributed by atoms with Crippen LogP contribution in [0.3, 0.4) is 0 Å². The molecule has 2 amide bonds. The zero-order valence-corrected chi connectivity index (χ0v) is 11.1. The molecular formula is C14H17N3O2. The Balaban J connectivity index is 1.79. The Labute approximate surface area is 112 Å². The number of hydrogen-bond acceptors (Lipinski definition) is 4. The molecule has 2 heterocycles. The van der Waals surface area contributed by atoms with Crippen molar-refractivity contribution in [1.82, 2.24) is 10.2 Å². The van der Waals surface area contributed by atoms with E-state index in [9.17, 15) is 9.59 Å². The Morgan fingerprint density at radius 2 is 2.00 bits per heavy atom. The first-order valence-corrected chi connectivity index (χ1v) is 6.51. The Morgan fingerprint density at radius 1 is 1.26 bits per heavy atom. The second kappa shape index (κ2) is 4.35. The largest absolute Gasteiger partial charge is 0.381 e. The smallest absolute Gasteiger partial charge is 0.259 e. The summed E-state index contributed by atoms with van der Waals surface area (Å²) in [6, 6.07) is 6.29. The molecule has 0 bridgehead atoms. The normalized spacial score (nSPS) is 26.4. The summed E-state index contributed by atoms with van der Waals surface area (Å²) in [5.74, 6) is -0.610. The number of anilines is 1. The van der Waals surface area contributed by atoms with Gasteiger partial charge in [0.15, 0.2) is 0 Å². The summed E-state index contributed by atoms with van der Waals surface area (Å²) in [6.07, 6.45) is 1.08. The quantitative estimate of drug-likeness (QED) is 0.780. The van der Waals surface area contributed by atoms with Gasteiger partial charge in [0.2, 0.25) is 0 Å². The second-order valence-corrected chi connectivity index (χ2v) is 5.41. The Morgan fingerprint density at radius 3 is 2.68 bits per heavy atom. The van der Waals surface area contributed by atoms with Crippen molar-refractivity contribution in [1.29, 1.82) is 0 Å². The lowest BCUT2D eigenvalue weighted by Gasteiger charge is -2.14. The number of imide groups is 1. The van der Waals surface area contributed by atoms with E-state index >= 15 is 0 Å². The molecule has 0 radical (unpaired) electrons. The summed E-state index contributed by atoms with van der Waals surface area (Å²) in [5.41, 5.74) is 1.83. The number of carbonyl (C=O) groups excluding carboxylic acids is 2. The van der Waals surface area contributed by atoms with Crippen LogP contribution in [0.25, 0.3) is 0 Å². The minimum absolute atomic E-state index is 0.305. The highest BCUT2D eigenvalue weighted by molar-refractivity contribution is 6.21. The number of amides is 2. The fourth-order valence-electron chi connectivity index (χ4n) is 2.79. The molecule has 19 heavy (non-hydrogen) atoms. The summed E-state index contributed by atoms with van der Waals surface area (Å²) in [5, 5.41) is 5.74. The molecule has 100 valence electrons. The molecule has 0 aromatic heterocycles. The van der Waals surface area contributed by atoms with E-state index in [-0.39, 0.29) is 11.8 Å². The monoisotopic (exact) mass is 259 g/mol. The van der Waals surface area contributed by atoms with E-state index in [2.05, 4.69) is 29.5 Å². The number of benzene rings is 1. The van der Waals surface area contributed by atoms with Gasteiger partial charge in [0, 0.05) is 24.3 Å². The van der Waals surface area contributed by atoms with E-state index < -0.39 is 0 Å². The third kappa shape index (κ3) is 2.10. The molecule has 2 aliphatic heterocycles. The zero-order valence-electron chi connectivity index (χ0n) is 11.1. The molecule has 2 aliphatic rings. The van der Waals surface area contributed by atoms with Crippen molar-refractivity contribution in [2.45, 2.75) is 25.4 Å². The first kappa shape index (κ1) is 12.2. The first-order valence-electron chi connectivity index (χ1n) is 6.51. The molecule has 1 saturated heterocycles. The molecule has 2 atom stereocenters. The van der Waals surface area contributed by atoms with Gasteiger partial charge in [0.1, 0.15) is 0 Å². The highest BCUT2D eigenvalue weighted by atomic mass is 16.2. The van der Waals surface area contributed by atoms with E-state index in [4.69, 9.17) is 0 Å². The lowest BCUT2D eigenvalue weighted by atomic mass is 10.1. The minimum atomic E-state index is -0.305. The van der Waals surface area contributed by atoms with Crippen LogP contribution < -0.4 is 10.6 Å². The van der Waals surface area contributed by atoms with Gasteiger partial charge in [-0.25, -0.2) is 0 Å². The number of hydrogen-bond donors (Lipinski definition) is 2. The lowest BCUT2D eigenvalue weighted by Crippen LogP contribution is -2.24. The van der Waals surface area contributed by atoms with E-state index in [1.807, 2.05) is 6.07 Å². The predicted octanol–water partition coefficient (Wildman–Crippen LogP) is 1.07. The zero-order chi connectivity index (χ0) is 13.6. The molecule has 1 fully saturated rings. The molecular weight excluding hydrogens is 242 g/mol. The van der Waals surface area contributed by atoms with Crippen molar-refractivity contribution in [3.8, 4) is 0 Å². The fraction of sp³-hybridized carbons (Fsp3) is 0.429. The van der Waals surface area contributed by atoms with E-state index in [0.717, 1.165) is 18.7 Å². The molecule has 0 saturated carbocycles. The lowest BCUT2D eigenvalue weighted by molar-refractivity contribution is 0.0879. The Kier molecular flexibility index (Phi) is 2.78. The maximum Gasteiger partial charge on any atom is 0.259 e. The average Bonchev–Trinajstić information content (AvgIpc) is 2.81. The highest BCUT2D eigenvalue weighted by Gasteiger charge is 2.28. The molecule has 0 aliphatic carbocycles. The van der Waals surface area contributed by atoms with Gasteiger partial charge in [-0.3, -0.25) is 14.9 Å². The van der Waals surface area contributed by atoms with Crippen LogP contribution in [0.5, 0.6) is 0 Å². The van der Waals surface area contributed by atoms with Crippen LogP contribution in [-0.2, 0) is 0 Å². The number of carbonyl (C=O) groups is 2. The third-order valence-corrected chi connectivity index (χ3v) is 3.99. The highest BCUT2D eigenvalue weighted by Crippen LogP contribution is 2.23. The summed E-state index contributed by atoms with van der Waals surface area (Å²) < 4.78 is 0. The van der Waals surface area contributed by atoms with E-state index in [1.54, 1.807) is 12.1 Å². The van der Waals surface area contributed by atoms with Crippen molar-refractivity contribution < 1.29 is 9.59 Å². The van der Waals surface area contributed by atoms with Crippen LogP contribution in [0.4, 0.5) is 5.69 Å². The van der Waals surface area contributed by atoms with Gasteiger partial charge in [-0.1, -0.05) is 0 Å². The molecule has 0 spiro atoms. The summed E-state index contributed by atoms with van der Waals surface area (Å²) in [7, 11) is 2.11. The first-order chi connectivity index (χ1) is 9.04. The molecule has 1 aromatic rings. The van der Waals surface area contributed by atoms with Crippen molar-refractivity contribution in [2.24, 2.45) is 0 Å². The molecule has 5 heteroatoms. The predicted molar refractivity (Wildman–Crippen MR) is 72.4 cm³/mol. The van der Waals surface area contributed by atoms with Crippen molar-refractivity contribution in [3.63, 3.8) is 0 Å². The SMILES string of the molecule is CC1CC(Nc2ccc3c(c2)C(=O)NC3=O)CN1C. The van der Waals surface area contributed by atoms with Crippen LogP contribution in [0.1, 0.15) is 34.1 Å². The van der Waals surface area contributed by atoms with Gasteiger partial charge in [0.25, 0.3) is 11.8 Å². The van der Waals surface area contributed by atoms with E-state index in [1.165, 1.54) is 0 Å². The Hall–Kier alpha value is -1.88. The number of nitrogens with one attached hydrogen (secondary N) is 2. The van der Waals surface area contributed by atoms with Gasteiger partial charge < -0.3 is 10.2 Å². The van der Waals surface area contributed by atoms with Gasteiger partial charge in [-0.2, -0.15) is 0 Å². The Bertz CT molecular complexity index is 546. The van der Waals surface area contributed by atoms with Crippen LogP contribution in [0.2, 0.25) is 0 Å². The fourth-order valence-corrected chi connectivity index (χ4v) is 2.79.